The van der Waals surface area contributed by atoms with Gasteiger partial charge in [-0.05, 0) is 32.2 Å². The van der Waals surface area contributed by atoms with Crippen LogP contribution in [0.15, 0.2) is 0 Å². The first kappa shape index (κ1) is 14.3. The molecule has 0 bridgehead atoms. The van der Waals surface area contributed by atoms with Crippen molar-refractivity contribution in [1.82, 2.24) is 20.9 Å². The number of carbonyl (C=O) groups is 2. The van der Waals surface area contributed by atoms with E-state index in [1.807, 2.05) is 0 Å². The number of rotatable bonds is 4. The van der Waals surface area contributed by atoms with Crippen LogP contribution in [-0.2, 0) is 9.59 Å². The lowest BCUT2D eigenvalue weighted by Gasteiger charge is -2.32. The van der Waals surface area contributed by atoms with Crippen LogP contribution in [0.2, 0.25) is 0 Å². The van der Waals surface area contributed by atoms with Crippen molar-refractivity contribution in [3.05, 3.63) is 0 Å². The van der Waals surface area contributed by atoms with Gasteiger partial charge in [-0.15, -0.1) is 0 Å². The Morgan fingerprint density at radius 2 is 2.00 bits per heavy atom. The highest BCUT2D eigenvalue weighted by molar-refractivity contribution is 5.82. The molecule has 0 unspecified atom stereocenters. The summed E-state index contributed by atoms with van der Waals surface area (Å²) in [5.41, 5.74) is 0. The first-order valence-electron chi connectivity index (χ1n) is 7.15. The van der Waals surface area contributed by atoms with Gasteiger partial charge in [-0.25, -0.2) is 0 Å². The molecule has 6 nitrogen and oxygen atoms in total. The average Bonchev–Trinajstić information content (AvgIpc) is 2.95. The Balaban J connectivity index is 1.68. The Morgan fingerprint density at radius 3 is 2.58 bits per heavy atom. The number of likely N-dealkylation sites (N-methyl/N-ethyl adjacent to an activating group) is 1. The van der Waals surface area contributed by atoms with Gasteiger partial charge in [0, 0.05) is 26.2 Å². The van der Waals surface area contributed by atoms with Gasteiger partial charge in [-0.1, -0.05) is 0 Å². The Kier molecular flexibility index (Phi) is 5.15. The van der Waals surface area contributed by atoms with Crippen molar-refractivity contribution in [2.45, 2.75) is 37.8 Å². The maximum absolute atomic E-state index is 12.0. The predicted octanol–water partition coefficient (Wildman–Crippen LogP) is -0.935. The molecule has 0 aromatic rings. The van der Waals surface area contributed by atoms with Crippen LogP contribution in [0.5, 0.6) is 0 Å². The Hall–Kier alpha value is -1.14. The van der Waals surface area contributed by atoms with Crippen molar-refractivity contribution >= 4 is 11.8 Å². The van der Waals surface area contributed by atoms with Gasteiger partial charge < -0.3 is 16.0 Å². The maximum atomic E-state index is 12.0. The predicted molar refractivity (Wildman–Crippen MR) is 72.7 cm³/mol. The topological polar surface area (TPSA) is 73.5 Å². The summed E-state index contributed by atoms with van der Waals surface area (Å²) in [4.78, 5) is 25.4. The molecular weight excluding hydrogens is 244 g/mol. The second kappa shape index (κ2) is 6.86. The number of carbonyl (C=O) groups excluding carboxylic acids is 2. The van der Waals surface area contributed by atoms with Crippen molar-refractivity contribution in [2.24, 2.45) is 0 Å². The van der Waals surface area contributed by atoms with E-state index in [2.05, 4.69) is 20.9 Å². The van der Waals surface area contributed by atoms with Crippen molar-refractivity contribution < 1.29 is 9.59 Å². The number of nitrogens with zero attached hydrogens (tertiary/aromatic N) is 1. The molecule has 0 spiro atoms. The highest BCUT2D eigenvalue weighted by Crippen LogP contribution is 2.11. The molecule has 2 fully saturated rings. The van der Waals surface area contributed by atoms with Crippen molar-refractivity contribution in [2.75, 3.05) is 33.2 Å². The Morgan fingerprint density at radius 1 is 1.26 bits per heavy atom. The van der Waals surface area contributed by atoms with Gasteiger partial charge in [0.1, 0.15) is 0 Å². The third-order valence-electron chi connectivity index (χ3n) is 3.96. The quantitative estimate of drug-likeness (QED) is 0.615. The summed E-state index contributed by atoms with van der Waals surface area (Å²) in [5.74, 6) is 0.194. The molecule has 2 amide bonds. The largest absolute Gasteiger partial charge is 0.358 e. The summed E-state index contributed by atoms with van der Waals surface area (Å²) in [6.45, 7) is 3.15. The summed E-state index contributed by atoms with van der Waals surface area (Å²) in [6, 6.07) is 0.264. The molecule has 2 heterocycles. The van der Waals surface area contributed by atoms with Crippen LogP contribution < -0.4 is 16.0 Å². The minimum absolute atomic E-state index is 0.00361. The minimum atomic E-state index is 0.00361. The molecule has 3 N–H and O–H groups in total. The van der Waals surface area contributed by atoms with Gasteiger partial charge in [-0.2, -0.15) is 0 Å². The molecule has 0 aromatic heterocycles. The van der Waals surface area contributed by atoms with Crippen LogP contribution in [0.25, 0.3) is 0 Å². The smallest absolute Gasteiger partial charge is 0.237 e. The van der Waals surface area contributed by atoms with E-state index in [1.165, 1.54) is 0 Å². The summed E-state index contributed by atoms with van der Waals surface area (Å²) in [7, 11) is 1.66. The van der Waals surface area contributed by atoms with Crippen LogP contribution >= 0.6 is 0 Å². The molecule has 2 saturated heterocycles. The van der Waals surface area contributed by atoms with Crippen LogP contribution in [0.4, 0.5) is 0 Å². The molecule has 2 rings (SSSR count). The fraction of sp³-hybridized carbons (Fsp3) is 0.846. The maximum Gasteiger partial charge on any atom is 0.237 e. The number of nitrogens with one attached hydrogen (secondary N) is 3. The lowest BCUT2D eigenvalue weighted by Crippen LogP contribution is -2.50. The number of piperidine rings is 1. The SMILES string of the molecule is CNC(=O)CN1CCC(NC(=O)[C@@H]2CCCN2)CC1. The second-order valence-electron chi connectivity index (χ2n) is 5.38. The summed E-state index contributed by atoms with van der Waals surface area (Å²) in [5, 5.41) is 8.97. The summed E-state index contributed by atoms with van der Waals surface area (Å²) in [6.07, 6.45) is 3.88. The van der Waals surface area contributed by atoms with Gasteiger partial charge in [-0.3, -0.25) is 14.5 Å². The fourth-order valence-corrected chi connectivity index (χ4v) is 2.73. The molecule has 108 valence electrons. The van der Waals surface area contributed by atoms with Gasteiger partial charge in [0.05, 0.1) is 12.6 Å². The minimum Gasteiger partial charge on any atom is -0.358 e. The number of amides is 2. The number of hydrogen-bond acceptors (Lipinski definition) is 4. The molecule has 0 aliphatic carbocycles. The zero-order chi connectivity index (χ0) is 13.7. The molecule has 2 aliphatic rings. The summed E-state index contributed by atoms with van der Waals surface area (Å²) >= 11 is 0. The molecule has 0 radical (unpaired) electrons. The normalized spacial score (nSPS) is 25.2. The van der Waals surface area contributed by atoms with Crippen molar-refractivity contribution in [3.63, 3.8) is 0 Å². The summed E-state index contributed by atoms with van der Waals surface area (Å²) < 4.78 is 0. The lowest BCUT2D eigenvalue weighted by atomic mass is 10.0. The first-order valence-corrected chi connectivity index (χ1v) is 7.15. The van der Waals surface area contributed by atoms with E-state index in [9.17, 15) is 9.59 Å². The standard InChI is InChI=1S/C13H24N4O2/c1-14-12(18)9-17-7-4-10(5-8-17)16-13(19)11-3-2-6-15-11/h10-11,15H,2-9H2,1H3,(H,14,18)(H,16,19)/t11-/m0/s1. The zero-order valence-electron chi connectivity index (χ0n) is 11.6. The van der Waals surface area contributed by atoms with Crippen LogP contribution in [-0.4, -0.2) is 62.0 Å². The highest BCUT2D eigenvalue weighted by atomic mass is 16.2. The van der Waals surface area contributed by atoms with E-state index in [-0.39, 0.29) is 23.9 Å². The van der Waals surface area contributed by atoms with Gasteiger partial charge in [0.2, 0.25) is 11.8 Å². The third kappa shape index (κ3) is 4.18. The van der Waals surface area contributed by atoms with E-state index in [1.54, 1.807) is 7.05 Å². The molecule has 19 heavy (non-hydrogen) atoms. The zero-order valence-corrected chi connectivity index (χ0v) is 11.6. The third-order valence-corrected chi connectivity index (χ3v) is 3.96. The van der Waals surface area contributed by atoms with Crippen LogP contribution in [0.3, 0.4) is 0 Å². The van der Waals surface area contributed by atoms with Crippen molar-refractivity contribution in [3.8, 4) is 0 Å². The van der Waals surface area contributed by atoms with Gasteiger partial charge in [0.25, 0.3) is 0 Å². The fourth-order valence-electron chi connectivity index (χ4n) is 2.73. The molecule has 0 saturated carbocycles. The van der Waals surface area contributed by atoms with Gasteiger partial charge in [0.15, 0.2) is 0 Å². The number of likely N-dealkylation sites (tertiary alicyclic amines) is 1. The van der Waals surface area contributed by atoms with Crippen LogP contribution in [0.1, 0.15) is 25.7 Å². The monoisotopic (exact) mass is 268 g/mol. The second-order valence-corrected chi connectivity index (χ2v) is 5.38. The lowest BCUT2D eigenvalue weighted by molar-refractivity contribution is -0.125. The van der Waals surface area contributed by atoms with E-state index >= 15 is 0 Å². The average molecular weight is 268 g/mol. The molecule has 6 heteroatoms. The Bertz CT molecular complexity index is 321. The molecule has 0 aromatic carbocycles. The van der Waals surface area contributed by atoms with E-state index in [4.69, 9.17) is 0 Å². The van der Waals surface area contributed by atoms with Crippen LogP contribution in [0, 0.1) is 0 Å². The highest BCUT2D eigenvalue weighted by Gasteiger charge is 2.26. The molecular formula is C13H24N4O2. The van der Waals surface area contributed by atoms with E-state index < -0.39 is 0 Å². The molecule has 2 aliphatic heterocycles. The molecule has 1 atom stereocenters. The van der Waals surface area contributed by atoms with E-state index in [0.717, 1.165) is 45.3 Å². The van der Waals surface area contributed by atoms with Gasteiger partial charge >= 0.3 is 0 Å². The Labute approximate surface area is 114 Å². The first-order chi connectivity index (χ1) is 9.19. The van der Waals surface area contributed by atoms with E-state index in [0.29, 0.717) is 6.54 Å². The number of hydrogen-bond donors (Lipinski definition) is 3. The van der Waals surface area contributed by atoms with Crippen molar-refractivity contribution in [1.29, 1.82) is 0 Å².